The van der Waals surface area contributed by atoms with E-state index in [0.717, 1.165) is 39.4 Å². The molecule has 0 saturated carbocycles. The largest absolute Gasteiger partial charge is 0.264 e. The van der Waals surface area contributed by atoms with Gasteiger partial charge in [0, 0.05) is 35.9 Å². The molecule has 0 aliphatic heterocycles. The number of hydrogen-bond acceptors (Lipinski definition) is 5. The molecule has 154 valence electrons. The van der Waals surface area contributed by atoms with Crippen molar-refractivity contribution in [3.05, 3.63) is 77.0 Å². The van der Waals surface area contributed by atoms with Crippen LogP contribution in [0.3, 0.4) is 0 Å². The van der Waals surface area contributed by atoms with E-state index in [0.29, 0.717) is 5.56 Å². The molecule has 30 heavy (non-hydrogen) atoms. The average Bonchev–Trinajstić information content (AvgIpc) is 3.04. The van der Waals surface area contributed by atoms with Crippen LogP contribution in [0.4, 0.5) is 0 Å². The van der Waals surface area contributed by atoms with E-state index in [4.69, 9.17) is 0 Å². The number of sulfonamides is 1. The Labute approximate surface area is 175 Å². The van der Waals surface area contributed by atoms with Crippen LogP contribution in [0.25, 0.3) is 16.8 Å². The highest BCUT2D eigenvalue weighted by molar-refractivity contribution is 7.89. The summed E-state index contributed by atoms with van der Waals surface area (Å²) in [5, 5.41) is 4.60. The van der Waals surface area contributed by atoms with E-state index < -0.39 is 10.0 Å². The number of nitrogens with zero attached hydrogens (tertiary/aromatic N) is 4. The van der Waals surface area contributed by atoms with Crippen LogP contribution in [0.1, 0.15) is 28.2 Å². The topological polar surface area (TPSA) is 89.3 Å². The molecule has 0 spiro atoms. The minimum absolute atomic E-state index is 0.176. The number of fused-ring (bicyclic) bond motifs is 1. The van der Waals surface area contributed by atoms with Crippen LogP contribution in [0.2, 0.25) is 0 Å². The number of aryl methyl sites for hydroxylation is 4. The van der Waals surface area contributed by atoms with E-state index in [9.17, 15) is 8.42 Å². The second-order valence-electron chi connectivity index (χ2n) is 7.40. The fourth-order valence-corrected chi connectivity index (χ4v) is 4.86. The minimum atomic E-state index is -3.71. The van der Waals surface area contributed by atoms with Crippen molar-refractivity contribution in [1.29, 1.82) is 0 Å². The highest BCUT2D eigenvalue weighted by Crippen LogP contribution is 2.31. The van der Waals surface area contributed by atoms with Crippen molar-refractivity contribution >= 4 is 15.7 Å². The lowest BCUT2D eigenvalue weighted by atomic mass is 10.0. The summed E-state index contributed by atoms with van der Waals surface area (Å²) in [4.78, 5) is 8.92. The number of aromatic nitrogens is 4. The molecule has 0 aliphatic carbocycles. The number of rotatable bonds is 5. The van der Waals surface area contributed by atoms with E-state index in [-0.39, 0.29) is 11.4 Å². The van der Waals surface area contributed by atoms with Crippen LogP contribution in [0, 0.1) is 27.7 Å². The zero-order valence-corrected chi connectivity index (χ0v) is 18.2. The molecular weight excluding hydrogens is 398 g/mol. The van der Waals surface area contributed by atoms with E-state index >= 15 is 0 Å². The molecule has 0 radical (unpaired) electrons. The van der Waals surface area contributed by atoms with Gasteiger partial charge in [0.2, 0.25) is 10.0 Å². The lowest BCUT2D eigenvalue weighted by molar-refractivity contribution is 0.580. The van der Waals surface area contributed by atoms with Crippen molar-refractivity contribution in [3.63, 3.8) is 0 Å². The lowest BCUT2D eigenvalue weighted by Crippen LogP contribution is -2.24. The maximum atomic E-state index is 13.0. The monoisotopic (exact) mass is 421 g/mol. The number of pyridine rings is 1. The maximum absolute atomic E-state index is 13.0. The predicted octanol–water partition coefficient (Wildman–Crippen LogP) is 3.50. The van der Waals surface area contributed by atoms with Gasteiger partial charge >= 0.3 is 0 Å². The van der Waals surface area contributed by atoms with E-state index in [1.807, 2.05) is 45.0 Å². The SMILES string of the molecule is Cc1cc(C)n2nc(C)c(-c3ccc(C)c(S(=O)(=O)NCc4cccnc4)c3)c2n1. The fourth-order valence-electron chi connectivity index (χ4n) is 3.57. The van der Waals surface area contributed by atoms with Crippen molar-refractivity contribution in [2.24, 2.45) is 0 Å². The van der Waals surface area contributed by atoms with Crippen molar-refractivity contribution in [2.45, 2.75) is 39.1 Å². The Kier molecular flexibility index (Phi) is 5.13. The lowest BCUT2D eigenvalue weighted by Gasteiger charge is -2.11. The molecule has 4 rings (SSSR count). The number of benzene rings is 1. The van der Waals surface area contributed by atoms with Crippen molar-refractivity contribution < 1.29 is 8.42 Å². The molecule has 1 aromatic carbocycles. The van der Waals surface area contributed by atoms with Crippen LogP contribution in [-0.4, -0.2) is 28.0 Å². The van der Waals surface area contributed by atoms with Crippen LogP contribution >= 0.6 is 0 Å². The Bertz CT molecular complexity index is 1350. The van der Waals surface area contributed by atoms with Gasteiger partial charge in [-0.25, -0.2) is 22.6 Å². The average molecular weight is 422 g/mol. The standard InChI is InChI=1S/C22H23N5O2S/c1-14-7-8-19(21-17(4)26-27-16(3)10-15(2)25-22(21)27)11-20(14)30(28,29)24-13-18-6-5-9-23-12-18/h5-12,24H,13H2,1-4H3. The Hall–Kier alpha value is -3.10. The van der Waals surface area contributed by atoms with Gasteiger partial charge < -0.3 is 0 Å². The van der Waals surface area contributed by atoms with Gasteiger partial charge in [-0.3, -0.25) is 4.98 Å². The molecule has 0 aliphatic rings. The zero-order chi connectivity index (χ0) is 21.5. The summed E-state index contributed by atoms with van der Waals surface area (Å²) in [6.07, 6.45) is 3.30. The van der Waals surface area contributed by atoms with Crippen LogP contribution < -0.4 is 4.72 Å². The number of nitrogens with one attached hydrogen (secondary N) is 1. The summed E-state index contributed by atoms with van der Waals surface area (Å²) in [6.45, 7) is 7.79. The van der Waals surface area contributed by atoms with Crippen molar-refractivity contribution in [3.8, 4) is 11.1 Å². The smallest absolute Gasteiger partial charge is 0.241 e. The molecule has 0 saturated heterocycles. The molecule has 0 bridgehead atoms. The van der Waals surface area contributed by atoms with Crippen molar-refractivity contribution in [1.82, 2.24) is 24.3 Å². The van der Waals surface area contributed by atoms with E-state index in [1.165, 1.54) is 0 Å². The van der Waals surface area contributed by atoms with Gasteiger partial charge in [0.25, 0.3) is 0 Å². The normalized spacial score (nSPS) is 11.9. The second kappa shape index (κ2) is 7.62. The molecule has 4 aromatic rings. The Balaban J connectivity index is 1.77. The van der Waals surface area contributed by atoms with Gasteiger partial charge in [-0.05, 0) is 62.6 Å². The molecule has 0 amide bonds. The van der Waals surface area contributed by atoms with E-state index in [1.54, 1.807) is 36.0 Å². The van der Waals surface area contributed by atoms with E-state index in [2.05, 4.69) is 19.8 Å². The first kappa shape index (κ1) is 20.2. The molecule has 3 heterocycles. The third-order valence-corrected chi connectivity index (χ3v) is 6.57. The van der Waals surface area contributed by atoms with Gasteiger partial charge in [-0.1, -0.05) is 18.2 Å². The Morgan fingerprint density at radius 1 is 1.07 bits per heavy atom. The predicted molar refractivity (Wildman–Crippen MR) is 116 cm³/mol. The molecule has 0 unspecified atom stereocenters. The molecule has 7 nitrogen and oxygen atoms in total. The molecule has 8 heteroatoms. The molecule has 0 atom stereocenters. The first-order valence-electron chi connectivity index (χ1n) is 9.59. The molecule has 0 fully saturated rings. The third-order valence-electron chi connectivity index (χ3n) is 5.03. The quantitative estimate of drug-likeness (QED) is 0.533. The summed E-state index contributed by atoms with van der Waals surface area (Å²) in [5.74, 6) is 0. The third kappa shape index (κ3) is 3.71. The molecule has 3 aromatic heterocycles. The van der Waals surface area contributed by atoms with Crippen molar-refractivity contribution in [2.75, 3.05) is 0 Å². The molecule has 1 N–H and O–H groups in total. The number of hydrogen-bond donors (Lipinski definition) is 1. The first-order valence-corrected chi connectivity index (χ1v) is 11.1. The van der Waals surface area contributed by atoms with Crippen LogP contribution in [0.5, 0.6) is 0 Å². The van der Waals surface area contributed by atoms with Gasteiger partial charge in [-0.15, -0.1) is 0 Å². The van der Waals surface area contributed by atoms with Gasteiger partial charge in [0.05, 0.1) is 10.6 Å². The van der Waals surface area contributed by atoms with Crippen LogP contribution in [0.15, 0.2) is 53.7 Å². The summed E-state index contributed by atoms with van der Waals surface area (Å²) in [7, 11) is -3.71. The summed E-state index contributed by atoms with van der Waals surface area (Å²) < 4.78 is 30.5. The highest BCUT2D eigenvalue weighted by atomic mass is 32.2. The summed E-state index contributed by atoms with van der Waals surface area (Å²) in [6, 6.07) is 11.0. The zero-order valence-electron chi connectivity index (χ0n) is 17.3. The first-order chi connectivity index (χ1) is 14.3. The Morgan fingerprint density at radius 3 is 2.60 bits per heavy atom. The van der Waals surface area contributed by atoms with Gasteiger partial charge in [0.15, 0.2) is 5.65 Å². The van der Waals surface area contributed by atoms with Crippen LogP contribution in [-0.2, 0) is 16.6 Å². The summed E-state index contributed by atoms with van der Waals surface area (Å²) >= 11 is 0. The molecular formula is C22H23N5O2S. The Morgan fingerprint density at radius 2 is 1.87 bits per heavy atom. The fraction of sp³-hybridized carbons (Fsp3) is 0.227. The van der Waals surface area contributed by atoms with Gasteiger partial charge in [0.1, 0.15) is 0 Å². The maximum Gasteiger partial charge on any atom is 0.241 e. The summed E-state index contributed by atoms with van der Waals surface area (Å²) in [5.41, 5.74) is 6.46. The highest BCUT2D eigenvalue weighted by Gasteiger charge is 2.21. The minimum Gasteiger partial charge on any atom is -0.264 e. The second-order valence-corrected chi connectivity index (χ2v) is 9.14. The van der Waals surface area contributed by atoms with Gasteiger partial charge in [-0.2, -0.15) is 5.10 Å².